The first-order valence-corrected chi connectivity index (χ1v) is 8.58. The van der Waals surface area contributed by atoms with Crippen LogP contribution in [-0.2, 0) is 11.3 Å². The summed E-state index contributed by atoms with van der Waals surface area (Å²) in [5.74, 6) is 1.46. The molecule has 0 aromatic carbocycles. The largest absolute Gasteiger partial charge is 0.481 e. The van der Waals surface area contributed by atoms with Gasteiger partial charge in [-0.1, -0.05) is 11.8 Å². The molecule has 1 unspecified atom stereocenters. The van der Waals surface area contributed by atoms with E-state index in [9.17, 15) is 4.79 Å². The first kappa shape index (κ1) is 14.8. The number of hydrogen-bond donors (Lipinski definition) is 1. The predicted octanol–water partition coefficient (Wildman–Crippen LogP) is 1.67. The van der Waals surface area contributed by atoms with E-state index in [2.05, 4.69) is 26.7 Å². The van der Waals surface area contributed by atoms with Crippen LogP contribution in [0.1, 0.15) is 37.4 Å². The molecule has 6 nitrogen and oxygen atoms in total. The molecule has 0 bridgehead atoms. The monoisotopic (exact) mass is 310 g/mol. The summed E-state index contributed by atoms with van der Waals surface area (Å²) in [5, 5.41) is 18.2. The van der Waals surface area contributed by atoms with Crippen LogP contribution in [0.3, 0.4) is 0 Å². The van der Waals surface area contributed by atoms with Crippen LogP contribution in [0, 0.1) is 5.92 Å². The molecular formula is C14H22N4O2S. The maximum absolute atomic E-state index is 10.8. The molecule has 7 heteroatoms. The predicted molar refractivity (Wildman–Crippen MR) is 80.6 cm³/mol. The summed E-state index contributed by atoms with van der Waals surface area (Å²) in [7, 11) is 2.17. The average molecular weight is 310 g/mol. The standard InChI is InChI=1S/C14H22N4O2S/c1-17-6-2-3-10(7-17)8-18-13(11-4-5-11)15-16-14(18)21-9-12(19)20/h10-11H,2-9H2,1H3,(H,19,20). The van der Waals surface area contributed by atoms with E-state index >= 15 is 0 Å². The second kappa shape index (κ2) is 6.36. The molecule has 1 saturated carbocycles. The van der Waals surface area contributed by atoms with Crippen molar-refractivity contribution in [2.75, 3.05) is 25.9 Å². The van der Waals surface area contributed by atoms with Gasteiger partial charge in [0.2, 0.25) is 0 Å². The molecular weight excluding hydrogens is 288 g/mol. The molecule has 0 radical (unpaired) electrons. The smallest absolute Gasteiger partial charge is 0.313 e. The van der Waals surface area contributed by atoms with E-state index in [-0.39, 0.29) is 5.75 Å². The van der Waals surface area contributed by atoms with E-state index in [4.69, 9.17) is 5.11 Å². The maximum atomic E-state index is 10.8. The summed E-state index contributed by atoms with van der Waals surface area (Å²) in [5.41, 5.74) is 0. The number of aromatic nitrogens is 3. The van der Waals surface area contributed by atoms with Crippen LogP contribution >= 0.6 is 11.8 Å². The number of carboxylic acid groups (broad SMARTS) is 1. The van der Waals surface area contributed by atoms with E-state index in [1.807, 2.05) is 0 Å². The fraction of sp³-hybridized carbons (Fsp3) is 0.786. The second-order valence-corrected chi connectivity index (χ2v) is 7.12. The van der Waals surface area contributed by atoms with Crippen LogP contribution < -0.4 is 0 Å². The average Bonchev–Trinajstić information content (AvgIpc) is 3.20. The van der Waals surface area contributed by atoms with Crippen molar-refractivity contribution < 1.29 is 9.90 Å². The summed E-state index contributed by atoms with van der Waals surface area (Å²) >= 11 is 1.29. The van der Waals surface area contributed by atoms with Crippen molar-refractivity contribution in [1.29, 1.82) is 0 Å². The van der Waals surface area contributed by atoms with Crippen LogP contribution in [-0.4, -0.2) is 56.6 Å². The molecule has 1 N–H and O–H groups in total. The van der Waals surface area contributed by atoms with Gasteiger partial charge in [-0.15, -0.1) is 10.2 Å². The zero-order valence-corrected chi connectivity index (χ0v) is 13.2. The summed E-state index contributed by atoms with van der Waals surface area (Å²) in [6.07, 6.45) is 4.84. The summed E-state index contributed by atoms with van der Waals surface area (Å²) in [6, 6.07) is 0. The van der Waals surface area contributed by atoms with Crippen LogP contribution in [0.15, 0.2) is 5.16 Å². The number of likely N-dealkylation sites (tertiary alicyclic amines) is 1. The first-order valence-electron chi connectivity index (χ1n) is 7.59. The molecule has 2 fully saturated rings. The zero-order valence-electron chi connectivity index (χ0n) is 12.4. The number of nitrogens with zero attached hydrogens (tertiary/aromatic N) is 4. The highest BCUT2D eigenvalue weighted by Gasteiger charge is 2.31. The summed E-state index contributed by atoms with van der Waals surface area (Å²) < 4.78 is 2.19. The molecule has 0 spiro atoms. The number of aliphatic carboxylic acids is 1. The Morgan fingerprint density at radius 1 is 1.38 bits per heavy atom. The van der Waals surface area contributed by atoms with Gasteiger partial charge in [-0.3, -0.25) is 4.79 Å². The first-order chi connectivity index (χ1) is 10.1. The lowest BCUT2D eigenvalue weighted by molar-refractivity contribution is -0.133. The molecule has 1 aromatic heterocycles. The van der Waals surface area contributed by atoms with Crippen molar-refractivity contribution in [2.24, 2.45) is 5.92 Å². The van der Waals surface area contributed by atoms with Gasteiger partial charge < -0.3 is 14.6 Å². The lowest BCUT2D eigenvalue weighted by Crippen LogP contribution is -2.34. The van der Waals surface area contributed by atoms with Gasteiger partial charge in [-0.25, -0.2) is 0 Å². The van der Waals surface area contributed by atoms with E-state index in [1.54, 1.807) is 0 Å². The molecule has 1 aliphatic heterocycles. The van der Waals surface area contributed by atoms with Crippen LogP contribution in [0.2, 0.25) is 0 Å². The van der Waals surface area contributed by atoms with E-state index < -0.39 is 5.97 Å². The Kier molecular flexibility index (Phi) is 4.49. The molecule has 3 rings (SSSR count). The number of rotatable bonds is 6. The molecule has 21 heavy (non-hydrogen) atoms. The van der Waals surface area contributed by atoms with Gasteiger partial charge in [0.15, 0.2) is 5.16 Å². The minimum Gasteiger partial charge on any atom is -0.481 e. The van der Waals surface area contributed by atoms with Gasteiger partial charge in [0.05, 0.1) is 5.75 Å². The van der Waals surface area contributed by atoms with Gasteiger partial charge in [-0.05, 0) is 45.2 Å². The molecule has 0 amide bonds. The van der Waals surface area contributed by atoms with Crippen molar-refractivity contribution >= 4 is 17.7 Å². The number of carboxylic acids is 1. The van der Waals surface area contributed by atoms with E-state index in [0.717, 1.165) is 24.1 Å². The third-order valence-corrected chi connectivity index (χ3v) is 5.13. The Hall–Kier alpha value is -1.08. The lowest BCUT2D eigenvalue weighted by atomic mass is 9.98. The van der Waals surface area contributed by atoms with E-state index in [1.165, 1.54) is 44.0 Å². The quantitative estimate of drug-likeness (QED) is 0.806. The van der Waals surface area contributed by atoms with Crippen molar-refractivity contribution in [3.63, 3.8) is 0 Å². The second-order valence-electron chi connectivity index (χ2n) is 6.18. The van der Waals surface area contributed by atoms with Gasteiger partial charge in [0.1, 0.15) is 5.82 Å². The molecule has 1 aromatic rings. The minimum atomic E-state index is -0.806. The highest BCUT2D eigenvalue weighted by molar-refractivity contribution is 7.99. The Morgan fingerprint density at radius 3 is 2.86 bits per heavy atom. The topological polar surface area (TPSA) is 71.2 Å². The SMILES string of the molecule is CN1CCCC(Cn2c(SCC(=O)O)nnc2C2CC2)C1. The van der Waals surface area contributed by atoms with Crippen LogP contribution in [0.4, 0.5) is 0 Å². The number of carbonyl (C=O) groups is 1. The number of hydrogen-bond acceptors (Lipinski definition) is 5. The van der Waals surface area contributed by atoms with Crippen LogP contribution in [0.25, 0.3) is 0 Å². The molecule has 1 atom stereocenters. The minimum absolute atomic E-state index is 0.0490. The number of piperidine rings is 1. The third kappa shape index (κ3) is 3.77. The maximum Gasteiger partial charge on any atom is 0.313 e. The molecule has 2 aliphatic rings. The lowest BCUT2D eigenvalue weighted by Gasteiger charge is -2.30. The van der Waals surface area contributed by atoms with Gasteiger partial charge in [0.25, 0.3) is 0 Å². The summed E-state index contributed by atoms with van der Waals surface area (Å²) in [6.45, 7) is 3.20. The Bertz CT molecular complexity index is 515. The van der Waals surface area contributed by atoms with E-state index in [0.29, 0.717) is 11.8 Å². The van der Waals surface area contributed by atoms with Gasteiger partial charge in [0, 0.05) is 19.0 Å². The van der Waals surface area contributed by atoms with Crippen LogP contribution in [0.5, 0.6) is 0 Å². The van der Waals surface area contributed by atoms with Gasteiger partial charge in [-0.2, -0.15) is 0 Å². The number of thioether (sulfide) groups is 1. The van der Waals surface area contributed by atoms with Gasteiger partial charge >= 0.3 is 5.97 Å². The van der Waals surface area contributed by atoms with Crippen molar-refractivity contribution in [1.82, 2.24) is 19.7 Å². The van der Waals surface area contributed by atoms with Crippen molar-refractivity contribution in [3.05, 3.63) is 5.82 Å². The molecule has 2 heterocycles. The normalized spacial score (nSPS) is 23.4. The Labute approximate surface area is 128 Å². The Balaban J connectivity index is 1.73. The summed E-state index contributed by atoms with van der Waals surface area (Å²) in [4.78, 5) is 13.2. The molecule has 1 saturated heterocycles. The Morgan fingerprint density at radius 2 is 2.19 bits per heavy atom. The fourth-order valence-corrected chi connectivity index (χ4v) is 3.70. The van der Waals surface area contributed by atoms with Crippen molar-refractivity contribution in [3.8, 4) is 0 Å². The fourth-order valence-electron chi connectivity index (χ4n) is 3.03. The highest BCUT2D eigenvalue weighted by Crippen LogP contribution is 2.40. The molecule has 116 valence electrons. The zero-order chi connectivity index (χ0) is 14.8. The molecule has 1 aliphatic carbocycles. The third-order valence-electron chi connectivity index (χ3n) is 4.18. The highest BCUT2D eigenvalue weighted by atomic mass is 32.2. The van der Waals surface area contributed by atoms with Crippen molar-refractivity contribution in [2.45, 2.75) is 43.3 Å².